The van der Waals surface area contributed by atoms with Gasteiger partial charge in [-0.15, -0.1) is 5.10 Å². The number of anilines is 1. The van der Waals surface area contributed by atoms with Crippen molar-refractivity contribution in [3.05, 3.63) is 71.4 Å². The zero-order valence-corrected chi connectivity index (χ0v) is 18.1. The zero-order valence-electron chi connectivity index (χ0n) is 18.1. The summed E-state index contributed by atoms with van der Waals surface area (Å²) in [6.45, 7) is 6.86. The predicted molar refractivity (Wildman–Crippen MR) is 120 cm³/mol. The number of carbonyl (C=O) groups excluding carboxylic acids is 1. The van der Waals surface area contributed by atoms with Crippen LogP contribution in [0.3, 0.4) is 0 Å². The number of Topliss-reactive ketones (excluding diaryl/α,β-unsaturated/α-hetero) is 1. The van der Waals surface area contributed by atoms with Crippen LogP contribution in [0, 0.1) is 5.41 Å². The van der Waals surface area contributed by atoms with Crippen LogP contribution < -0.4 is 10.1 Å². The van der Waals surface area contributed by atoms with Gasteiger partial charge in [0.1, 0.15) is 11.8 Å². The summed E-state index contributed by atoms with van der Waals surface area (Å²) in [7, 11) is 0. The van der Waals surface area contributed by atoms with Crippen LogP contribution in [-0.4, -0.2) is 27.2 Å². The summed E-state index contributed by atoms with van der Waals surface area (Å²) < 4.78 is 7.40. The molecule has 1 unspecified atom stereocenters. The summed E-state index contributed by atoms with van der Waals surface area (Å²) in [5, 5.41) is 8.26. The molecule has 0 saturated carbocycles. The number of aromatic nitrogens is 3. The Labute approximate surface area is 182 Å². The third-order valence-corrected chi connectivity index (χ3v) is 5.87. The maximum absolute atomic E-state index is 13.2. The number of hydrogen-bond donors (Lipinski definition) is 1. The van der Waals surface area contributed by atoms with Crippen molar-refractivity contribution in [3.63, 3.8) is 0 Å². The van der Waals surface area contributed by atoms with Crippen LogP contribution >= 0.6 is 0 Å². The highest BCUT2D eigenvalue weighted by Gasteiger charge is 2.41. The van der Waals surface area contributed by atoms with Gasteiger partial charge in [-0.3, -0.25) is 4.79 Å². The molecule has 1 aliphatic heterocycles. The summed E-state index contributed by atoms with van der Waals surface area (Å²) in [6.07, 6.45) is 1.34. The molecule has 31 heavy (non-hydrogen) atoms. The lowest BCUT2D eigenvalue weighted by Crippen LogP contribution is -2.36. The number of carbonyl (C=O) groups is 1. The Morgan fingerprint density at radius 1 is 1.10 bits per heavy atom. The number of benzene rings is 2. The number of hydrogen-bond acceptors (Lipinski definition) is 5. The summed E-state index contributed by atoms with van der Waals surface area (Å²) >= 11 is 0. The standard InChI is InChI=1S/C25H26N4O2/c1-4-31-18-12-10-17(11-13-18)23-27-24-26-19-14-25(2,3)15-20(30)21(19)22(29(24)28-23)16-8-6-5-7-9-16/h5-13,22H,4,14-15H2,1-3H3,(H,26,27,28). The topological polar surface area (TPSA) is 69.0 Å². The van der Waals surface area contributed by atoms with E-state index in [2.05, 4.69) is 31.3 Å². The lowest BCUT2D eigenvalue weighted by Gasteiger charge is -2.38. The van der Waals surface area contributed by atoms with E-state index in [-0.39, 0.29) is 17.2 Å². The number of nitrogens with zero attached hydrogens (tertiary/aromatic N) is 3. The predicted octanol–water partition coefficient (Wildman–Crippen LogP) is 5.00. The Morgan fingerprint density at radius 3 is 2.55 bits per heavy atom. The first-order valence-corrected chi connectivity index (χ1v) is 10.7. The van der Waals surface area contributed by atoms with Crippen LogP contribution in [0.5, 0.6) is 5.75 Å². The number of rotatable bonds is 4. The SMILES string of the molecule is CCOc1ccc(-c2nc3n(n2)C(c2ccccc2)C2=C(CC(C)(C)CC2=O)N3)cc1. The molecular formula is C25H26N4O2. The summed E-state index contributed by atoms with van der Waals surface area (Å²) in [4.78, 5) is 18.0. The largest absolute Gasteiger partial charge is 0.494 e. The zero-order chi connectivity index (χ0) is 21.6. The smallest absolute Gasteiger partial charge is 0.226 e. The molecule has 0 saturated heterocycles. The van der Waals surface area contributed by atoms with E-state index in [0.29, 0.717) is 24.8 Å². The molecule has 6 heteroatoms. The molecule has 5 rings (SSSR count). The molecule has 2 heterocycles. The van der Waals surface area contributed by atoms with Crippen LogP contribution in [0.2, 0.25) is 0 Å². The highest BCUT2D eigenvalue weighted by Crippen LogP contribution is 2.45. The fourth-order valence-corrected chi connectivity index (χ4v) is 4.54. The van der Waals surface area contributed by atoms with Crippen LogP contribution in [0.15, 0.2) is 65.9 Å². The van der Waals surface area contributed by atoms with Crippen LogP contribution in [0.1, 0.15) is 45.2 Å². The van der Waals surface area contributed by atoms with E-state index in [1.807, 2.05) is 54.1 Å². The molecular weight excluding hydrogens is 388 g/mol. The lowest BCUT2D eigenvalue weighted by molar-refractivity contribution is -0.118. The maximum atomic E-state index is 13.2. The average Bonchev–Trinajstić information content (AvgIpc) is 3.16. The normalized spacial score (nSPS) is 19.5. The molecule has 0 radical (unpaired) electrons. The number of nitrogens with one attached hydrogen (secondary N) is 1. The van der Waals surface area contributed by atoms with Crippen molar-refractivity contribution >= 4 is 11.7 Å². The Morgan fingerprint density at radius 2 is 1.84 bits per heavy atom. The van der Waals surface area contributed by atoms with Gasteiger partial charge in [0.05, 0.1) is 6.61 Å². The second kappa shape index (κ2) is 7.38. The average molecular weight is 415 g/mol. The van der Waals surface area contributed by atoms with Gasteiger partial charge >= 0.3 is 0 Å². The first-order valence-electron chi connectivity index (χ1n) is 10.7. The first-order chi connectivity index (χ1) is 14.9. The second-order valence-electron chi connectivity index (χ2n) is 8.93. The van der Waals surface area contributed by atoms with Gasteiger partial charge in [-0.2, -0.15) is 4.98 Å². The molecule has 1 aromatic heterocycles. The van der Waals surface area contributed by atoms with E-state index in [4.69, 9.17) is 14.8 Å². The van der Waals surface area contributed by atoms with Crippen LogP contribution in [-0.2, 0) is 4.79 Å². The molecule has 0 fully saturated rings. The van der Waals surface area contributed by atoms with E-state index in [1.54, 1.807) is 0 Å². The van der Waals surface area contributed by atoms with Gasteiger partial charge in [0.2, 0.25) is 5.95 Å². The summed E-state index contributed by atoms with van der Waals surface area (Å²) in [6, 6.07) is 17.6. The third-order valence-electron chi connectivity index (χ3n) is 5.87. The summed E-state index contributed by atoms with van der Waals surface area (Å²) in [5.41, 5.74) is 3.64. The van der Waals surface area contributed by atoms with Gasteiger partial charge in [0, 0.05) is 23.3 Å². The van der Waals surface area contributed by atoms with Crippen molar-refractivity contribution < 1.29 is 9.53 Å². The Kier molecular flexibility index (Phi) is 4.65. The second-order valence-corrected chi connectivity index (χ2v) is 8.93. The highest BCUT2D eigenvalue weighted by atomic mass is 16.5. The number of ketones is 1. The molecule has 2 aliphatic rings. The molecule has 0 bridgehead atoms. The van der Waals surface area contributed by atoms with Crippen molar-refractivity contribution in [1.29, 1.82) is 0 Å². The third kappa shape index (κ3) is 3.52. The monoisotopic (exact) mass is 414 g/mol. The number of fused-ring (bicyclic) bond motifs is 1. The van der Waals surface area contributed by atoms with Gasteiger partial charge in [-0.05, 0) is 48.6 Å². The molecule has 1 aliphatic carbocycles. The van der Waals surface area contributed by atoms with Crippen molar-refractivity contribution in [3.8, 4) is 17.1 Å². The van der Waals surface area contributed by atoms with Gasteiger partial charge < -0.3 is 10.1 Å². The van der Waals surface area contributed by atoms with Crippen molar-refractivity contribution in [1.82, 2.24) is 14.8 Å². The van der Waals surface area contributed by atoms with E-state index in [1.165, 1.54) is 0 Å². The fourth-order valence-electron chi connectivity index (χ4n) is 4.54. The Bertz CT molecular complexity index is 1160. The minimum atomic E-state index is -0.278. The van der Waals surface area contributed by atoms with Gasteiger partial charge in [-0.1, -0.05) is 44.2 Å². The molecule has 0 spiro atoms. The fraction of sp³-hybridized carbons (Fsp3) is 0.320. The van der Waals surface area contributed by atoms with Crippen LogP contribution in [0.4, 0.5) is 5.95 Å². The molecule has 0 amide bonds. The van der Waals surface area contributed by atoms with E-state index < -0.39 is 0 Å². The molecule has 2 aromatic carbocycles. The highest BCUT2D eigenvalue weighted by molar-refractivity contribution is 6.00. The number of allylic oxidation sites excluding steroid dienone is 2. The first kappa shape index (κ1) is 19.5. The van der Waals surface area contributed by atoms with Gasteiger partial charge in [-0.25, -0.2) is 4.68 Å². The Hall–Kier alpha value is -3.41. The maximum Gasteiger partial charge on any atom is 0.226 e. The van der Waals surface area contributed by atoms with Crippen molar-refractivity contribution in [2.45, 2.75) is 39.7 Å². The Balaban J connectivity index is 1.61. The molecule has 6 nitrogen and oxygen atoms in total. The quantitative estimate of drug-likeness (QED) is 0.650. The lowest BCUT2D eigenvalue weighted by atomic mass is 9.73. The van der Waals surface area contributed by atoms with Crippen molar-refractivity contribution in [2.75, 3.05) is 11.9 Å². The van der Waals surface area contributed by atoms with Gasteiger partial charge in [0.25, 0.3) is 0 Å². The van der Waals surface area contributed by atoms with Crippen LogP contribution in [0.25, 0.3) is 11.4 Å². The molecule has 1 atom stereocenters. The van der Waals surface area contributed by atoms with E-state index >= 15 is 0 Å². The minimum Gasteiger partial charge on any atom is -0.494 e. The minimum absolute atomic E-state index is 0.0791. The van der Waals surface area contributed by atoms with Crippen molar-refractivity contribution in [2.24, 2.45) is 5.41 Å². The molecule has 3 aromatic rings. The van der Waals surface area contributed by atoms with E-state index in [9.17, 15) is 4.79 Å². The molecule has 158 valence electrons. The van der Waals surface area contributed by atoms with E-state index in [0.717, 1.165) is 34.6 Å². The number of ether oxygens (including phenoxy) is 1. The molecule has 1 N–H and O–H groups in total. The summed E-state index contributed by atoms with van der Waals surface area (Å²) in [5.74, 6) is 2.29. The van der Waals surface area contributed by atoms with Gasteiger partial charge in [0.15, 0.2) is 11.6 Å².